The van der Waals surface area contributed by atoms with Gasteiger partial charge in [0.15, 0.2) is 5.75 Å². The van der Waals surface area contributed by atoms with Gasteiger partial charge in [0.2, 0.25) is 0 Å². The number of carboxylic acid groups (broad SMARTS) is 1. The second-order valence-corrected chi connectivity index (χ2v) is 6.68. The zero-order valence-corrected chi connectivity index (χ0v) is 15.4. The average molecular weight is 439 g/mol. The summed E-state index contributed by atoms with van der Waals surface area (Å²) >= 11 is 18.2. The van der Waals surface area contributed by atoms with Gasteiger partial charge in [0, 0.05) is 16.5 Å². The van der Waals surface area contributed by atoms with E-state index < -0.39 is 22.7 Å². The molecule has 1 aromatic heterocycles. The van der Waals surface area contributed by atoms with Gasteiger partial charge < -0.3 is 14.8 Å². The van der Waals surface area contributed by atoms with Crippen molar-refractivity contribution in [2.45, 2.75) is 12.8 Å². The predicted octanol–water partition coefficient (Wildman–Crippen LogP) is 6.42. The highest BCUT2D eigenvalue weighted by molar-refractivity contribution is 6.41. The van der Waals surface area contributed by atoms with Crippen molar-refractivity contribution in [3.8, 4) is 5.75 Å². The third-order valence-corrected chi connectivity index (χ3v) is 4.86. The fourth-order valence-electron chi connectivity index (χ4n) is 2.49. The summed E-state index contributed by atoms with van der Waals surface area (Å²) in [4.78, 5) is 13.7. The number of aromatic amines is 1. The van der Waals surface area contributed by atoms with Gasteiger partial charge in [0.1, 0.15) is 12.3 Å². The van der Waals surface area contributed by atoms with Crippen LogP contribution in [-0.2, 0) is 12.8 Å². The quantitative estimate of drug-likeness (QED) is 0.494. The highest BCUT2D eigenvalue weighted by Crippen LogP contribution is 2.41. The fraction of sp³-hybridized carbons (Fsp3) is 0.118. The van der Waals surface area contributed by atoms with Gasteiger partial charge in [-0.15, -0.1) is 0 Å². The summed E-state index contributed by atoms with van der Waals surface area (Å²) in [6.07, 6.45) is -4.60. The van der Waals surface area contributed by atoms with Gasteiger partial charge in [0.25, 0.3) is 0 Å². The summed E-state index contributed by atoms with van der Waals surface area (Å²) in [6.45, 7) is -0.316. The Labute approximate surface area is 165 Å². The maximum absolute atomic E-state index is 12.9. The van der Waals surface area contributed by atoms with Gasteiger partial charge in [-0.25, -0.2) is 4.79 Å². The molecular weight excluding hydrogens is 430 g/mol. The van der Waals surface area contributed by atoms with Crippen molar-refractivity contribution in [2.24, 2.45) is 0 Å². The first-order valence-corrected chi connectivity index (χ1v) is 8.44. The van der Waals surface area contributed by atoms with E-state index in [1.807, 2.05) is 0 Å². The van der Waals surface area contributed by atoms with E-state index in [1.54, 1.807) is 0 Å². The Morgan fingerprint density at radius 2 is 1.85 bits per heavy atom. The Morgan fingerprint density at radius 1 is 1.15 bits per heavy atom. The highest BCUT2D eigenvalue weighted by Gasteiger charge is 2.33. The Morgan fingerprint density at radius 3 is 2.48 bits per heavy atom. The maximum atomic E-state index is 12.9. The number of nitrogens with one attached hydrogen (secondary N) is 1. The molecule has 0 atom stereocenters. The number of carbonyl (C=O) groups is 1. The summed E-state index contributed by atoms with van der Waals surface area (Å²) in [6, 6.07) is 6.19. The normalized spacial score (nSPS) is 11.8. The molecule has 3 rings (SSSR count). The SMILES string of the molecule is O=C(O)c1cc2c(Cl)c(OCc3cccc(C(F)(F)F)c3Cl)c(Cl)cc2[nH]1. The Hall–Kier alpha value is -2.09. The zero-order valence-electron chi connectivity index (χ0n) is 13.1. The van der Waals surface area contributed by atoms with E-state index in [9.17, 15) is 18.0 Å². The lowest BCUT2D eigenvalue weighted by Crippen LogP contribution is -2.08. The zero-order chi connectivity index (χ0) is 19.9. The van der Waals surface area contributed by atoms with Crippen LogP contribution in [-0.4, -0.2) is 16.1 Å². The molecule has 0 aliphatic heterocycles. The monoisotopic (exact) mass is 437 g/mol. The van der Waals surface area contributed by atoms with Crippen LogP contribution in [0, 0.1) is 0 Å². The third-order valence-electron chi connectivity index (χ3n) is 3.76. The standard InChI is InChI=1S/C17H9Cl3F3NO3/c18-10-5-11-8(4-12(24-11)16(25)26)14(20)15(10)27-6-7-2-1-3-9(13(7)19)17(21,22)23/h1-5,24H,6H2,(H,25,26). The lowest BCUT2D eigenvalue weighted by Gasteiger charge is -2.14. The second-order valence-electron chi connectivity index (χ2n) is 5.52. The summed E-state index contributed by atoms with van der Waals surface area (Å²) in [5.74, 6) is -1.17. The number of halogens is 6. The third kappa shape index (κ3) is 3.81. The van der Waals surface area contributed by atoms with Gasteiger partial charge in [-0.2, -0.15) is 13.2 Å². The molecule has 0 aliphatic rings. The second kappa shape index (κ2) is 7.14. The number of hydrogen-bond donors (Lipinski definition) is 2. The molecule has 0 bridgehead atoms. The molecule has 0 radical (unpaired) electrons. The number of fused-ring (bicyclic) bond motifs is 1. The molecule has 1 heterocycles. The van der Waals surface area contributed by atoms with Crippen molar-refractivity contribution < 1.29 is 27.8 Å². The van der Waals surface area contributed by atoms with E-state index in [0.29, 0.717) is 10.9 Å². The number of ether oxygens (including phenoxy) is 1. The number of aromatic nitrogens is 1. The first kappa shape index (κ1) is 19.7. The lowest BCUT2D eigenvalue weighted by atomic mass is 10.1. The number of hydrogen-bond acceptors (Lipinski definition) is 2. The van der Waals surface area contributed by atoms with Gasteiger partial charge >= 0.3 is 12.1 Å². The number of benzene rings is 2. The van der Waals surface area contributed by atoms with Crippen LogP contribution in [0.4, 0.5) is 13.2 Å². The molecule has 0 saturated heterocycles. The first-order valence-electron chi connectivity index (χ1n) is 7.31. The lowest BCUT2D eigenvalue weighted by molar-refractivity contribution is -0.137. The van der Waals surface area contributed by atoms with Crippen molar-refractivity contribution in [2.75, 3.05) is 0 Å². The number of H-pyrrole nitrogens is 1. The molecule has 0 saturated carbocycles. The average Bonchev–Trinajstić information content (AvgIpc) is 2.99. The molecule has 0 unspecified atom stereocenters. The van der Waals surface area contributed by atoms with Crippen LogP contribution >= 0.6 is 34.8 Å². The Kier molecular flexibility index (Phi) is 5.20. The van der Waals surface area contributed by atoms with Gasteiger partial charge in [-0.3, -0.25) is 0 Å². The van der Waals surface area contributed by atoms with Crippen LogP contribution < -0.4 is 4.74 Å². The summed E-state index contributed by atoms with van der Waals surface area (Å²) in [7, 11) is 0. The molecule has 0 spiro atoms. The Bertz CT molecular complexity index is 1050. The van der Waals surface area contributed by atoms with Crippen LogP contribution in [0.25, 0.3) is 10.9 Å². The molecule has 3 aromatic rings. The van der Waals surface area contributed by atoms with E-state index in [-0.39, 0.29) is 33.7 Å². The molecule has 4 nitrogen and oxygen atoms in total. The minimum Gasteiger partial charge on any atom is -0.486 e. The number of carboxylic acids is 1. The summed E-state index contributed by atoms with van der Waals surface area (Å²) in [5, 5.41) is 9.01. The summed E-state index contributed by atoms with van der Waals surface area (Å²) < 4.78 is 44.3. The van der Waals surface area contributed by atoms with Gasteiger partial charge in [0.05, 0.1) is 20.6 Å². The molecular formula is C17H9Cl3F3NO3. The largest absolute Gasteiger partial charge is 0.486 e. The number of rotatable bonds is 4. The molecule has 0 amide bonds. The van der Waals surface area contributed by atoms with Crippen molar-refractivity contribution >= 4 is 51.7 Å². The van der Waals surface area contributed by atoms with Gasteiger partial charge in [-0.05, 0) is 18.2 Å². The van der Waals surface area contributed by atoms with E-state index in [2.05, 4.69) is 4.98 Å². The van der Waals surface area contributed by atoms with Crippen LogP contribution in [0.1, 0.15) is 21.6 Å². The minimum absolute atomic E-state index is 0.00949. The van der Waals surface area contributed by atoms with E-state index in [0.717, 1.165) is 6.07 Å². The molecule has 142 valence electrons. The smallest absolute Gasteiger partial charge is 0.417 e. The van der Waals surface area contributed by atoms with Crippen LogP contribution in [0.3, 0.4) is 0 Å². The predicted molar refractivity (Wildman–Crippen MR) is 96.1 cm³/mol. The van der Waals surface area contributed by atoms with Crippen LogP contribution in [0.2, 0.25) is 15.1 Å². The number of aromatic carboxylic acids is 1. The number of alkyl halides is 3. The highest BCUT2D eigenvalue weighted by atomic mass is 35.5. The summed E-state index contributed by atoms with van der Waals surface area (Å²) in [5.41, 5.74) is -0.596. The Balaban J connectivity index is 1.95. The topological polar surface area (TPSA) is 62.3 Å². The van der Waals surface area contributed by atoms with Crippen LogP contribution in [0.5, 0.6) is 5.75 Å². The first-order chi connectivity index (χ1) is 12.6. The van der Waals surface area contributed by atoms with E-state index >= 15 is 0 Å². The maximum Gasteiger partial charge on any atom is 0.417 e. The van der Waals surface area contributed by atoms with Crippen molar-refractivity contribution in [3.05, 3.63) is 62.2 Å². The molecule has 2 aromatic carbocycles. The van der Waals surface area contributed by atoms with Crippen LogP contribution in [0.15, 0.2) is 30.3 Å². The minimum atomic E-state index is -4.60. The molecule has 2 N–H and O–H groups in total. The van der Waals surface area contributed by atoms with Crippen molar-refractivity contribution in [3.63, 3.8) is 0 Å². The van der Waals surface area contributed by atoms with E-state index in [4.69, 9.17) is 44.6 Å². The van der Waals surface area contributed by atoms with Crippen molar-refractivity contribution in [1.29, 1.82) is 0 Å². The van der Waals surface area contributed by atoms with Crippen molar-refractivity contribution in [1.82, 2.24) is 4.98 Å². The fourth-order valence-corrected chi connectivity index (χ4v) is 3.40. The van der Waals surface area contributed by atoms with Gasteiger partial charge in [-0.1, -0.05) is 46.9 Å². The molecule has 0 fully saturated rings. The molecule has 0 aliphatic carbocycles. The van der Waals surface area contributed by atoms with E-state index in [1.165, 1.54) is 24.3 Å². The molecule has 10 heteroatoms. The molecule has 27 heavy (non-hydrogen) atoms.